The normalized spacial score (nSPS) is 11.9. The van der Waals surface area contributed by atoms with Gasteiger partial charge >= 0.3 is 11.9 Å². The number of amides is 1. The first kappa shape index (κ1) is 15.3. The number of hydrogen-bond acceptors (Lipinski definition) is 3. The zero-order chi connectivity index (χ0) is 14.7. The average Bonchev–Trinajstić information content (AvgIpc) is 2.55. The van der Waals surface area contributed by atoms with Gasteiger partial charge in [-0.25, -0.2) is 4.79 Å². The van der Waals surface area contributed by atoms with Crippen molar-refractivity contribution < 1.29 is 24.6 Å². The molecule has 0 saturated heterocycles. The van der Waals surface area contributed by atoms with E-state index in [1.165, 1.54) is 17.7 Å². The van der Waals surface area contributed by atoms with Crippen molar-refractivity contribution in [1.29, 1.82) is 0 Å². The Morgan fingerprint density at radius 2 is 1.95 bits per heavy atom. The second kappa shape index (κ2) is 5.94. The van der Waals surface area contributed by atoms with Crippen molar-refractivity contribution in [2.45, 2.75) is 12.5 Å². The molecule has 0 saturated carbocycles. The van der Waals surface area contributed by atoms with Gasteiger partial charge in [-0.2, -0.15) is 0 Å². The minimum Gasteiger partial charge on any atom is -0.481 e. The van der Waals surface area contributed by atoms with Gasteiger partial charge in [-0.3, -0.25) is 9.59 Å². The van der Waals surface area contributed by atoms with Crippen LogP contribution in [0, 0.1) is 0 Å². The van der Waals surface area contributed by atoms with E-state index in [0.717, 1.165) is 0 Å². The molecule has 0 aliphatic rings. The van der Waals surface area contributed by atoms with E-state index in [1.54, 1.807) is 0 Å². The number of carbonyl (C=O) groups is 3. The van der Waals surface area contributed by atoms with Crippen molar-refractivity contribution in [2.24, 2.45) is 7.05 Å². The lowest BCUT2D eigenvalue weighted by Crippen LogP contribution is -2.42. The lowest BCUT2D eigenvalue weighted by atomic mass is 10.2. The summed E-state index contributed by atoms with van der Waals surface area (Å²) in [5.41, 5.74) is 0.0339. The Morgan fingerprint density at radius 3 is 2.32 bits per heavy atom. The molecule has 0 bridgehead atoms. The molecule has 9 heteroatoms. The summed E-state index contributed by atoms with van der Waals surface area (Å²) in [5.74, 6) is -3.55. The summed E-state index contributed by atoms with van der Waals surface area (Å²) in [7, 11) is 1.47. The van der Waals surface area contributed by atoms with Gasteiger partial charge in [0.1, 0.15) is 16.9 Å². The van der Waals surface area contributed by atoms with Gasteiger partial charge in [0.05, 0.1) is 11.4 Å². The van der Waals surface area contributed by atoms with Crippen LogP contribution in [0.3, 0.4) is 0 Å². The van der Waals surface area contributed by atoms with Crippen LogP contribution in [0.25, 0.3) is 0 Å². The van der Waals surface area contributed by atoms with Gasteiger partial charge in [-0.05, 0) is 6.07 Å². The van der Waals surface area contributed by atoms with Crippen molar-refractivity contribution in [3.8, 4) is 0 Å². The molecular formula is C10H10Cl2N2O5. The van der Waals surface area contributed by atoms with Crippen LogP contribution in [0.15, 0.2) is 6.07 Å². The number of nitrogens with one attached hydrogen (secondary N) is 1. The van der Waals surface area contributed by atoms with Crippen LogP contribution in [0.2, 0.25) is 10.2 Å². The second-order valence-electron chi connectivity index (χ2n) is 3.69. The Morgan fingerprint density at radius 1 is 1.37 bits per heavy atom. The molecule has 7 nitrogen and oxygen atoms in total. The topological polar surface area (TPSA) is 109 Å². The van der Waals surface area contributed by atoms with E-state index in [0.29, 0.717) is 0 Å². The predicted molar refractivity (Wildman–Crippen MR) is 66.6 cm³/mol. The molecular weight excluding hydrogens is 299 g/mol. The zero-order valence-corrected chi connectivity index (χ0v) is 11.2. The van der Waals surface area contributed by atoms with Gasteiger partial charge in [-0.1, -0.05) is 23.2 Å². The van der Waals surface area contributed by atoms with E-state index >= 15 is 0 Å². The fourth-order valence-corrected chi connectivity index (χ4v) is 1.74. The number of aliphatic carboxylic acids is 2. The van der Waals surface area contributed by atoms with Gasteiger partial charge in [0.15, 0.2) is 0 Å². The van der Waals surface area contributed by atoms with Crippen molar-refractivity contribution in [1.82, 2.24) is 9.88 Å². The quantitative estimate of drug-likeness (QED) is 0.751. The van der Waals surface area contributed by atoms with Crippen LogP contribution >= 0.6 is 23.2 Å². The van der Waals surface area contributed by atoms with Crippen molar-refractivity contribution in [3.63, 3.8) is 0 Å². The number of carbonyl (C=O) groups excluding carboxylic acids is 1. The molecule has 1 heterocycles. The maximum Gasteiger partial charge on any atom is 0.326 e. The molecule has 1 atom stereocenters. The number of nitrogens with zero attached hydrogens (tertiary/aromatic N) is 1. The zero-order valence-electron chi connectivity index (χ0n) is 9.68. The number of halogens is 2. The predicted octanol–water partition coefficient (Wildman–Crippen LogP) is 0.990. The van der Waals surface area contributed by atoms with E-state index in [-0.39, 0.29) is 15.9 Å². The lowest BCUT2D eigenvalue weighted by molar-refractivity contribution is -0.145. The first-order valence-electron chi connectivity index (χ1n) is 5.00. The maximum atomic E-state index is 11.8. The van der Waals surface area contributed by atoms with Crippen molar-refractivity contribution >= 4 is 41.0 Å². The highest BCUT2D eigenvalue weighted by Gasteiger charge is 2.25. The van der Waals surface area contributed by atoms with E-state index in [4.69, 9.17) is 33.4 Å². The Bertz CT molecular complexity index is 540. The second-order valence-corrected chi connectivity index (χ2v) is 4.45. The number of aromatic nitrogens is 1. The van der Waals surface area contributed by atoms with Crippen molar-refractivity contribution in [3.05, 3.63) is 21.9 Å². The van der Waals surface area contributed by atoms with E-state index < -0.39 is 30.3 Å². The standard InChI is InChI=1S/C10H10Cl2N2O5/c1-14-6(2-4(11)8(14)12)9(17)13-5(10(18)19)3-7(15)16/h2,5H,3H2,1H3,(H,13,17)(H,15,16)(H,18,19)/t5-/m1/s1. The number of carboxylic acids is 2. The summed E-state index contributed by atoms with van der Waals surface area (Å²) >= 11 is 11.5. The smallest absolute Gasteiger partial charge is 0.326 e. The largest absolute Gasteiger partial charge is 0.481 e. The molecule has 3 N–H and O–H groups in total. The van der Waals surface area contributed by atoms with Crippen molar-refractivity contribution in [2.75, 3.05) is 0 Å². The average molecular weight is 309 g/mol. The van der Waals surface area contributed by atoms with Crippen LogP contribution < -0.4 is 5.32 Å². The van der Waals surface area contributed by atoms with E-state index in [2.05, 4.69) is 5.32 Å². The first-order chi connectivity index (χ1) is 8.73. The molecule has 0 fully saturated rings. The molecule has 19 heavy (non-hydrogen) atoms. The summed E-state index contributed by atoms with van der Waals surface area (Å²) in [6.45, 7) is 0. The van der Waals surface area contributed by atoms with Crippen LogP contribution in [0.1, 0.15) is 16.9 Å². The minimum absolute atomic E-state index is 0.0339. The van der Waals surface area contributed by atoms with Gasteiger partial charge in [-0.15, -0.1) is 0 Å². The molecule has 1 amide bonds. The highest BCUT2D eigenvalue weighted by atomic mass is 35.5. The molecule has 0 spiro atoms. The van der Waals surface area contributed by atoms with E-state index in [1.807, 2.05) is 0 Å². The van der Waals surface area contributed by atoms with Gasteiger partial charge in [0, 0.05) is 7.05 Å². The van der Waals surface area contributed by atoms with Crippen LogP contribution in [0.4, 0.5) is 0 Å². The molecule has 0 aromatic carbocycles. The summed E-state index contributed by atoms with van der Waals surface area (Å²) in [6.07, 6.45) is -0.729. The van der Waals surface area contributed by atoms with E-state index in [9.17, 15) is 14.4 Å². The Balaban J connectivity index is 2.91. The van der Waals surface area contributed by atoms with Gasteiger partial charge in [0.2, 0.25) is 0 Å². The monoisotopic (exact) mass is 308 g/mol. The third-order valence-corrected chi connectivity index (χ3v) is 3.17. The summed E-state index contributed by atoms with van der Waals surface area (Å²) in [4.78, 5) is 33.1. The number of carboxylic acid groups (broad SMARTS) is 2. The van der Waals surface area contributed by atoms with Crippen LogP contribution in [-0.4, -0.2) is 38.7 Å². The minimum atomic E-state index is -1.53. The molecule has 0 aliphatic carbocycles. The highest BCUT2D eigenvalue weighted by molar-refractivity contribution is 6.41. The lowest BCUT2D eigenvalue weighted by Gasteiger charge is -2.12. The number of rotatable bonds is 5. The molecule has 1 aromatic rings. The Labute approximate surface area is 117 Å². The SMILES string of the molecule is Cn1c(C(=O)N[C@H](CC(=O)O)C(=O)O)cc(Cl)c1Cl. The molecule has 104 valence electrons. The Kier molecular flexibility index (Phi) is 4.79. The third-order valence-electron chi connectivity index (χ3n) is 2.33. The molecule has 1 aromatic heterocycles. The van der Waals surface area contributed by atoms with Crippen LogP contribution in [-0.2, 0) is 16.6 Å². The summed E-state index contributed by atoms with van der Waals surface area (Å²) in [5, 5.41) is 19.7. The van der Waals surface area contributed by atoms with Gasteiger partial charge in [0.25, 0.3) is 5.91 Å². The fourth-order valence-electron chi connectivity index (χ4n) is 1.37. The summed E-state index contributed by atoms with van der Waals surface area (Å²) < 4.78 is 1.26. The molecule has 1 rings (SSSR count). The summed E-state index contributed by atoms with van der Waals surface area (Å²) in [6, 6.07) is -0.267. The Hall–Kier alpha value is -1.73. The molecule has 0 unspecified atom stereocenters. The fraction of sp³-hybridized carbons (Fsp3) is 0.300. The molecule has 0 radical (unpaired) electrons. The number of hydrogen-bond donors (Lipinski definition) is 3. The maximum absolute atomic E-state index is 11.8. The first-order valence-corrected chi connectivity index (χ1v) is 5.75. The molecule has 0 aliphatic heterocycles. The third kappa shape index (κ3) is 3.62. The highest BCUT2D eigenvalue weighted by Crippen LogP contribution is 2.25. The van der Waals surface area contributed by atoms with Crippen LogP contribution in [0.5, 0.6) is 0 Å². The van der Waals surface area contributed by atoms with Gasteiger partial charge < -0.3 is 20.1 Å².